The monoisotopic (exact) mass is 536 g/mol. The molecule has 2 unspecified atom stereocenters. The second-order valence-corrected chi connectivity index (χ2v) is 11.3. The maximum atomic E-state index is 13.0. The molecule has 2 aromatic heterocycles. The Morgan fingerprint density at radius 2 is 1.93 bits per heavy atom. The first kappa shape index (κ1) is 26.1. The van der Waals surface area contributed by atoms with Crippen molar-refractivity contribution in [3.05, 3.63) is 111 Å². The van der Waals surface area contributed by atoms with Crippen molar-refractivity contribution < 1.29 is 4.79 Å². The Morgan fingerprint density at radius 3 is 2.73 bits per heavy atom. The fourth-order valence-corrected chi connectivity index (χ4v) is 5.77. The lowest BCUT2D eigenvalue weighted by atomic mass is 9.98. The predicted octanol–water partition coefficient (Wildman–Crippen LogP) is 5.37. The lowest BCUT2D eigenvalue weighted by Gasteiger charge is -2.30. The first-order valence-corrected chi connectivity index (χ1v) is 14.2. The van der Waals surface area contributed by atoms with Gasteiger partial charge >= 0.3 is 0 Å². The summed E-state index contributed by atoms with van der Waals surface area (Å²) in [7, 11) is 0. The molecular formula is C32H36N6O2. The SMILES string of the molecule is CC1CCN(Cc2ccc3c(c2)CC(c2cc(NC(=O)c4cnn(C(C)c5ccccc5)c4)c[nH]c2=O)N3)CC1. The number of likely N-dealkylation sites (tertiary alicyclic amines) is 1. The number of pyridine rings is 1. The fraction of sp³-hybridized carbons (Fsp3) is 0.344. The lowest BCUT2D eigenvalue weighted by molar-refractivity contribution is 0.102. The molecule has 4 heterocycles. The molecule has 2 aliphatic heterocycles. The van der Waals surface area contributed by atoms with E-state index in [-0.39, 0.29) is 23.6 Å². The summed E-state index contributed by atoms with van der Waals surface area (Å²) in [5.41, 5.74) is 6.16. The van der Waals surface area contributed by atoms with E-state index in [9.17, 15) is 9.59 Å². The molecule has 8 heteroatoms. The van der Waals surface area contributed by atoms with Crippen molar-refractivity contribution >= 4 is 17.3 Å². The molecule has 2 aliphatic rings. The van der Waals surface area contributed by atoms with Crippen LogP contribution in [0.4, 0.5) is 11.4 Å². The summed E-state index contributed by atoms with van der Waals surface area (Å²) in [6, 6.07) is 18.2. The zero-order valence-corrected chi connectivity index (χ0v) is 23.1. The molecule has 1 saturated heterocycles. The number of anilines is 2. The molecule has 1 amide bonds. The van der Waals surface area contributed by atoms with Crippen molar-refractivity contribution in [1.82, 2.24) is 19.7 Å². The van der Waals surface area contributed by atoms with Crippen LogP contribution >= 0.6 is 0 Å². The van der Waals surface area contributed by atoms with Crippen LogP contribution in [0.5, 0.6) is 0 Å². The first-order chi connectivity index (χ1) is 19.4. The average Bonchev–Trinajstić information content (AvgIpc) is 3.63. The Labute approximate surface area is 234 Å². The number of fused-ring (bicyclic) bond motifs is 1. The van der Waals surface area contributed by atoms with Crippen LogP contribution in [-0.2, 0) is 13.0 Å². The molecule has 8 nitrogen and oxygen atoms in total. The van der Waals surface area contributed by atoms with Crippen LogP contribution in [0.15, 0.2) is 78.0 Å². The van der Waals surface area contributed by atoms with Crippen molar-refractivity contribution in [1.29, 1.82) is 0 Å². The van der Waals surface area contributed by atoms with Crippen LogP contribution < -0.4 is 16.2 Å². The van der Waals surface area contributed by atoms with Crippen molar-refractivity contribution in [3.63, 3.8) is 0 Å². The summed E-state index contributed by atoms with van der Waals surface area (Å²) in [6.07, 6.45) is 8.11. The zero-order chi connectivity index (χ0) is 27.6. The van der Waals surface area contributed by atoms with E-state index < -0.39 is 0 Å². The number of nitrogens with one attached hydrogen (secondary N) is 3. The topological polar surface area (TPSA) is 95.1 Å². The highest BCUT2D eigenvalue weighted by molar-refractivity contribution is 6.03. The van der Waals surface area contributed by atoms with E-state index in [0.29, 0.717) is 16.8 Å². The first-order valence-electron chi connectivity index (χ1n) is 14.2. The average molecular weight is 537 g/mol. The second-order valence-electron chi connectivity index (χ2n) is 11.3. The molecule has 0 saturated carbocycles. The summed E-state index contributed by atoms with van der Waals surface area (Å²) in [4.78, 5) is 31.2. The van der Waals surface area contributed by atoms with Gasteiger partial charge in [0.25, 0.3) is 11.5 Å². The zero-order valence-electron chi connectivity index (χ0n) is 23.1. The van der Waals surface area contributed by atoms with Gasteiger partial charge < -0.3 is 15.6 Å². The highest BCUT2D eigenvalue weighted by Gasteiger charge is 2.26. The molecule has 40 heavy (non-hydrogen) atoms. The van der Waals surface area contributed by atoms with E-state index in [1.807, 2.05) is 37.3 Å². The number of H-pyrrole nitrogens is 1. The number of amides is 1. The molecular weight excluding hydrogens is 500 g/mol. The van der Waals surface area contributed by atoms with Gasteiger partial charge in [-0.05, 0) is 74.0 Å². The Kier molecular flexibility index (Phi) is 7.26. The molecule has 2 aromatic carbocycles. The molecule has 0 radical (unpaired) electrons. The van der Waals surface area contributed by atoms with Gasteiger partial charge in [0, 0.05) is 30.2 Å². The number of aromatic amines is 1. The lowest BCUT2D eigenvalue weighted by Crippen LogP contribution is -2.32. The minimum absolute atomic E-state index is 0.00146. The van der Waals surface area contributed by atoms with Crippen molar-refractivity contribution in [3.8, 4) is 0 Å². The summed E-state index contributed by atoms with van der Waals surface area (Å²) in [6.45, 7) is 7.65. The Hall–Kier alpha value is -4.17. The third-order valence-corrected chi connectivity index (χ3v) is 8.31. The van der Waals surface area contributed by atoms with E-state index in [4.69, 9.17) is 0 Å². The van der Waals surface area contributed by atoms with Crippen molar-refractivity contribution in [2.24, 2.45) is 5.92 Å². The minimum atomic E-state index is -0.274. The third kappa shape index (κ3) is 5.58. The normalized spacial score (nSPS) is 18.2. The molecule has 0 bridgehead atoms. The number of nitrogens with zero attached hydrogens (tertiary/aromatic N) is 3. The molecule has 6 rings (SSSR count). The van der Waals surface area contributed by atoms with Gasteiger partial charge in [-0.2, -0.15) is 5.10 Å². The minimum Gasteiger partial charge on any atom is -0.377 e. The molecule has 1 fully saturated rings. The number of carbonyl (C=O) groups excluding carboxylic acids is 1. The predicted molar refractivity (Wildman–Crippen MR) is 158 cm³/mol. The summed E-state index contributed by atoms with van der Waals surface area (Å²) in [5.74, 6) is 0.546. The van der Waals surface area contributed by atoms with E-state index in [1.165, 1.54) is 24.0 Å². The van der Waals surface area contributed by atoms with Crippen LogP contribution in [0.25, 0.3) is 0 Å². The smallest absolute Gasteiger partial charge is 0.258 e. The molecule has 0 spiro atoms. The molecule has 3 N–H and O–H groups in total. The van der Waals surface area contributed by atoms with Gasteiger partial charge in [0.2, 0.25) is 0 Å². The number of aromatic nitrogens is 3. The third-order valence-electron chi connectivity index (χ3n) is 8.31. The highest BCUT2D eigenvalue weighted by Crippen LogP contribution is 2.34. The summed E-state index contributed by atoms with van der Waals surface area (Å²) in [5, 5.41) is 10.8. The van der Waals surface area contributed by atoms with E-state index >= 15 is 0 Å². The van der Waals surface area contributed by atoms with Crippen LogP contribution in [0, 0.1) is 5.92 Å². The highest BCUT2D eigenvalue weighted by atomic mass is 16.1. The van der Waals surface area contributed by atoms with Gasteiger partial charge in [0.15, 0.2) is 0 Å². The van der Waals surface area contributed by atoms with E-state index in [0.717, 1.165) is 43.2 Å². The van der Waals surface area contributed by atoms with Crippen molar-refractivity contribution in [2.75, 3.05) is 23.7 Å². The number of piperidine rings is 1. The maximum absolute atomic E-state index is 13.0. The fourth-order valence-electron chi connectivity index (χ4n) is 5.77. The van der Waals surface area contributed by atoms with Crippen LogP contribution in [0.1, 0.15) is 71.4 Å². The van der Waals surface area contributed by atoms with Crippen LogP contribution in [0.3, 0.4) is 0 Å². The Morgan fingerprint density at radius 1 is 1.12 bits per heavy atom. The van der Waals surface area contributed by atoms with Gasteiger partial charge in [0.1, 0.15) is 0 Å². The van der Waals surface area contributed by atoms with Gasteiger partial charge in [-0.1, -0.05) is 49.4 Å². The number of hydrogen-bond acceptors (Lipinski definition) is 5. The van der Waals surface area contributed by atoms with Crippen LogP contribution in [0.2, 0.25) is 0 Å². The number of hydrogen-bond donors (Lipinski definition) is 3. The van der Waals surface area contributed by atoms with Crippen LogP contribution in [-0.4, -0.2) is 38.7 Å². The largest absolute Gasteiger partial charge is 0.377 e. The molecule has 4 aromatic rings. The number of rotatable bonds is 7. The Balaban J connectivity index is 1.12. The van der Waals surface area contributed by atoms with Gasteiger partial charge in [-0.25, -0.2) is 0 Å². The summed E-state index contributed by atoms with van der Waals surface area (Å²) < 4.78 is 1.78. The molecule has 0 aliphatic carbocycles. The Bertz CT molecular complexity index is 1550. The standard InChI is InChI=1S/C32H36N6O2/c1-21-10-12-37(13-11-21)19-23-8-9-29-25(14-23)15-30(36-29)28-16-27(18-33-32(28)40)35-31(39)26-17-34-38(20-26)22(2)24-6-4-3-5-7-24/h3-9,14,16-18,20-22,30,36H,10-13,15,19H2,1-2H3,(H,33,40)(H,35,39). The quantitative estimate of drug-likeness (QED) is 0.295. The number of benzene rings is 2. The van der Waals surface area contributed by atoms with E-state index in [1.54, 1.807) is 29.3 Å². The molecule has 2 atom stereocenters. The van der Waals surface area contributed by atoms with E-state index in [2.05, 4.69) is 50.7 Å². The summed E-state index contributed by atoms with van der Waals surface area (Å²) >= 11 is 0. The van der Waals surface area contributed by atoms with Gasteiger partial charge in [-0.3, -0.25) is 19.2 Å². The van der Waals surface area contributed by atoms with Gasteiger partial charge in [-0.15, -0.1) is 0 Å². The maximum Gasteiger partial charge on any atom is 0.258 e. The number of carbonyl (C=O) groups is 1. The van der Waals surface area contributed by atoms with Gasteiger partial charge in [0.05, 0.1) is 29.5 Å². The second kappa shape index (κ2) is 11.1. The molecule has 206 valence electrons. The van der Waals surface area contributed by atoms with Crippen molar-refractivity contribution in [2.45, 2.75) is 51.7 Å².